The van der Waals surface area contributed by atoms with Crippen molar-refractivity contribution in [3.8, 4) is 0 Å². The molecule has 6 atom stereocenters. The summed E-state index contributed by atoms with van der Waals surface area (Å²) in [6.45, 7) is -4.95. The molecule has 12 N–H and O–H groups in total. The van der Waals surface area contributed by atoms with Crippen molar-refractivity contribution in [2.24, 2.45) is 0 Å². The third-order valence-electron chi connectivity index (χ3n) is 17.3. The van der Waals surface area contributed by atoms with Gasteiger partial charge in [0.1, 0.15) is 39.3 Å². The first-order valence-corrected chi connectivity index (χ1v) is 35.6. The number of amides is 6. The molecule has 0 saturated carbocycles. The SMILES string of the molecule is O=C(O)CNC(=O)C1=C(C(=O)NCC(=O)O)[C@H]2c3ccc4cc3[C@@H]1c1ccc(cc12)SSc1ccc(c2c1[C@@H]1C(C(=O)NCC(=O)O)=C(C(=O)NCC(=O)O)[C@H]2c2ccccc21)SSc1ccc2c(c1)[C@H]1C(C(=O)NCC(=O)O)=C(C(=O)NCC(=O)O)[C@@H]2c2cc(ccc21)SS4. The smallest absolute Gasteiger partial charge is 0.322 e. The van der Waals surface area contributed by atoms with Crippen LogP contribution in [0.4, 0.5) is 0 Å². The van der Waals surface area contributed by atoms with E-state index in [0.29, 0.717) is 96.1 Å². The van der Waals surface area contributed by atoms with Crippen LogP contribution in [-0.2, 0) is 57.5 Å². The van der Waals surface area contributed by atoms with Crippen molar-refractivity contribution in [2.75, 3.05) is 39.3 Å². The van der Waals surface area contributed by atoms with Crippen molar-refractivity contribution >= 4 is 136 Å². The molecule has 6 aromatic carbocycles. The molecule has 20 bridgehead atoms. The summed E-state index contributed by atoms with van der Waals surface area (Å²) in [6.07, 6.45) is 0. The third kappa shape index (κ3) is 11.7. The number of aliphatic carboxylic acids is 6. The number of benzene rings is 6. The average molecular weight is 1410 g/mol. The molecule has 9 aliphatic carbocycles. The van der Waals surface area contributed by atoms with Gasteiger partial charge in [0.25, 0.3) is 0 Å². The Morgan fingerprint density at radius 3 is 0.698 bits per heavy atom. The summed E-state index contributed by atoms with van der Waals surface area (Å²) in [6, 6.07) is 32.7. The van der Waals surface area contributed by atoms with Gasteiger partial charge in [0.2, 0.25) is 35.4 Å². The van der Waals surface area contributed by atoms with Gasteiger partial charge in [-0.3, -0.25) is 57.5 Å². The van der Waals surface area contributed by atoms with Crippen LogP contribution in [0.25, 0.3) is 0 Å². The second-order valence-electron chi connectivity index (χ2n) is 22.7. The molecule has 24 nitrogen and oxygen atoms in total. The Labute approximate surface area is 565 Å². The molecule has 30 heteroatoms. The minimum atomic E-state index is -1.38. The van der Waals surface area contributed by atoms with E-state index in [1.165, 1.54) is 64.8 Å². The molecular formula is C66H48N6O18S6. The largest absolute Gasteiger partial charge is 0.480 e. The van der Waals surface area contributed by atoms with Crippen molar-refractivity contribution < 1.29 is 88.2 Å². The van der Waals surface area contributed by atoms with Gasteiger partial charge in [-0.1, -0.05) is 113 Å². The second-order valence-corrected chi connectivity index (χ2v) is 29.5. The fraction of sp³-hybridized carbons (Fsp3) is 0.182. The second kappa shape index (κ2) is 26.1. The van der Waals surface area contributed by atoms with Gasteiger partial charge in [-0.25, -0.2) is 0 Å². The summed E-state index contributed by atoms with van der Waals surface area (Å²) in [4.78, 5) is 164. The first-order chi connectivity index (χ1) is 46.1. The van der Waals surface area contributed by atoms with Crippen molar-refractivity contribution in [1.82, 2.24) is 31.9 Å². The number of carbonyl (C=O) groups excluding carboxylic acids is 6. The molecule has 0 aromatic heterocycles. The van der Waals surface area contributed by atoms with E-state index in [-0.39, 0.29) is 33.4 Å². The molecule has 6 aromatic rings. The number of rotatable bonds is 18. The van der Waals surface area contributed by atoms with Crippen LogP contribution in [0.5, 0.6) is 0 Å². The first kappa shape index (κ1) is 65.0. The van der Waals surface area contributed by atoms with Crippen molar-refractivity contribution in [3.63, 3.8) is 0 Å². The lowest BCUT2D eigenvalue weighted by molar-refractivity contribution is -0.138. The monoisotopic (exact) mass is 1400 g/mol. The normalized spacial score (nSPS) is 19.2. The highest BCUT2D eigenvalue weighted by Crippen LogP contribution is 2.64. The van der Waals surface area contributed by atoms with E-state index in [9.17, 15) is 88.2 Å². The Morgan fingerprint density at radius 1 is 0.260 bits per heavy atom. The summed E-state index contributed by atoms with van der Waals surface area (Å²) in [5.74, 6) is -19.9. The van der Waals surface area contributed by atoms with E-state index in [0.717, 1.165) is 0 Å². The highest BCUT2D eigenvalue weighted by Gasteiger charge is 2.52. The maximum Gasteiger partial charge on any atom is 0.322 e. The number of hydrogen-bond acceptors (Lipinski definition) is 18. The molecular weight excluding hydrogens is 1360 g/mol. The zero-order chi connectivity index (χ0) is 67.7. The summed E-state index contributed by atoms with van der Waals surface area (Å²) >= 11 is 0. The molecule has 0 radical (unpaired) electrons. The summed E-state index contributed by atoms with van der Waals surface area (Å²) in [5.41, 5.74) is 6.34. The number of carboxylic acid groups (broad SMARTS) is 6. The van der Waals surface area contributed by atoms with Crippen molar-refractivity contribution in [2.45, 2.75) is 64.9 Å². The minimum absolute atomic E-state index is 0.100. The number of nitrogens with one attached hydrogen (secondary N) is 6. The minimum Gasteiger partial charge on any atom is -0.480 e. The molecule has 486 valence electrons. The molecule has 96 heavy (non-hydrogen) atoms. The first-order valence-electron chi connectivity index (χ1n) is 29.1. The van der Waals surface area contributed by atoms with Crippen LogP contribution in [0.1, 0.15) is 102 Å². The standard InChI is InChI=1S/C66H48N6O18S6/c73-41(74)19-67-61(85)55-47-33-11-7-27-17-37(33)49(57(55)63(87)69-21-43(77)78)31-9-5-25(15-35(31)47)91-92-26-6-10-32-36(16-26)48-34-12-8-28(18-38(34)50(32)58(64(88)70-22-44(79)80)56(48)62(86)68-20-42(75)76)94-96-40-14-13-39(95-93-27)53-51-29-3-1-2-4-30(29)52(54(40)53)60(66(90)72-24-46(83)84)59(51)65(89)71-23-45(81)82/h1-18,47-52H,19-24H2,(H,67,85)(H,68,86)(H,69,87)(H,70,88)(H,71,89)(H,72,90)(H,73,74)(H,75,76)(H,77,78)(H,79,80)(H,81,82)(H,83,84)/t47-,48-,49-,50-,51-,52+/m0/s1. The number of carboxylic acids is 6. The summed E-state index contributed by atoms with van der Waals surface area (Å²) in [7, 11) is 7.77. The lowest BCUT2D eigenvalue weighted by Gasteiger charge is -2.44. The topological polar surface area (TPSA) is 398 Å². The fourth-order valence-electron chi connectivity index (χ4n) is 13.9. The predicted octanol–water partition coefficient (Wildman–Crippen LogP) is 6.27. The maximum absolute atomic E-state index is 14.8. The Balaban J connectivity index is 1.02. The van der Waals surface area contributed by atoms with E-state index >= 15 is 0 Å². The number of carbonyl (C=O) groups is 12. The van der Waals surface area contributed by atoms with E-state index in [2.05, 4.69) is 31.9 Å². The Kier molecular flexibility index (Phi) is 17.7. The number of hydrogen-bond donors (Lipinski definition) is 12. The van der Waals surface area contributed by atoms with Gasteiger partial charge >= 0.3 is 35.8 Å². The molecule has 6 amide bonds. The van der Waals surface area contributed by atoms with Crippen LogP contribution >= 0.6 is 64.8 Å². The average Bonchev–Trinajstić information content (AvgIpc) is 0.708. The van der Waals surface area contributed by atoms with E-state index in [1.807, 2.05) is 60.7 Å². The maximum atomic E-state index is 14.8. The molecule has 0 spiro atoms. The van der Waals surface area contributed by atoms with Crippen LogP contribution < -0.4 is 31.9 Å². The van der Waals surface area contributed by atoms with Gasteiger partial charge in [0.05, 0.1) is 0 Å². The van der Waals surface area contributed by atoms with E-state index < -0.39 is 146 Å². The molecule has 0 unspecified atom stereocenters. The summed E-state index contributed by atoms with van der Waals surface area (Å²) in [5, 5.41) is 73.3. The third-order valence-corrected chi connectivity index (χ3v) is 24.5. The lowest BCUT2D eigenvalue weighted by Crippen LogP contribution is -2.43. The Bertz CT molecular complexity index is 4400. The van der Waals surface area contributed by atoms with Gasteiger partial charge in [-0.2, -0.15) is 0 Å². The molecule has 0 fully saturated rings. The molecule has 11 heterocycles. The van der Waals surface area contributed by atoms with Gasteiger partial charge in [0.15, 0.2) is 0 Å². The van der Waals surface area contributed by atoms with Crippen LogP contribution in [0.15, 0.2) is 172 Å². The van der Waals surface area contributed by atoms with Crippen LogP contribution in [0.3, 0.4) is 0 Å². The van der Waals surface area contributed by atoms with Gasteiger partial charge in [-0.15, -0.1) is 0 Å². The van der Waals surface area contributed by atoms with Gasteiger partial charge < -0.3 is 62.5 Å². The van der Waals surface area contributed by atoms with Crippen LogP contribution in [0, 0.1) is 0 Å². The van der Waals surface area contributed by atoms with Crippen molar-refractivity contribution in [1.29, 1.82) is 0 Å². The predicted molar refractivity (Wildman–Crippen MR) is 350 cm³/mol. The molecule has 11 aliphatic heterocycles. The van der Waals surface area contributed by atoms with E-state index in [4.69, 9.17) is 0 Å². The molecule has 0 saturated heterocycles. The zero-order valence-corrected chi connectivity index (χ0v) is 54.0. The van der Waals surface area contributed by atoms with E-state index in [1.54, 1.807) is 48.5 Å². The fourth-order valence-corrected chi connectivity index (χ4v) is 20.4. The zero-order valence-electron chi connectivity index (χ0n) is 49.1. The highest BCUT2D eigenvalue weighted by molar-refractivity contribution is 8.77. The highest BCUT2D eigenvalue weighted by atomic mass is 33.1. The quantitative estimate of drug-likeness (QED) is 0.0422. The van der Waals surface area contributed by atoms with Crippen LogP contribution in [-0.4, -0.2) is 141 Å². The Hall–Kier alpha value is -9.72. The Morgan fingerprint density at radius 2 is 0.469 bits per heavy atom. The van der Waals surface area contributed by atoms with Crippen molar-refractivity contribution in [3.05, 3.63) is 209 Å². The molecule has 20 aliphatic rings. The van der Waals surface area contributed by atoms with Gasteiger partial charge in [0, 0.05) is 98.3 Å². The molecule has 26 rings (SSSR count). The van der Waals surface area contributed by atoms with Gasteiger partial charge in [-0.05, 0) is 127 Å². The van der Waals surface area contributed by atoms with Crippen LogP contribution in [0.2, 0.25) is 0 Å². The lowest BCUT2D eigenvalue weighted by atomic mass is 9.60. The summed E-state index contributed by atoms with van der Waals surface area (Å²) < 4.78 is 0.